The van der Waals surface area contributed by atoms with Gasteiger partial charge in [0.2, 0.25) is 0 Å². The van der Waals surface area contributed by atoms with Crippen molar-refractivity contribution >= 4 is 11.3 Å². The lowest BCUT2D eigenvalue weighted by atomic mass is 10.1. The van der Waals surface area contributed by atoms with Gasteiger partial charge in [-0.2, -0.15) is 5.10 Å². The number of ether oxygens (including phenoxy) is 1. The van der Waals surface area contributed by atoms with Crippen LogP contribution in [-0.4, -0.2) is 54.5 Å². The van der Waals surface area contributed by atoms with Crippen molar-refractivity contribution in [2.75, 3.05) is 34.8 Å². The first kappa shape index (κ1) is 15.0. The lowest BCUT2D eigenvalue weighted by Gasteiger charge is -2.19. The SMILES string of the molecule is CNC(c1cncs1)c1c(OC)cnn1CCN(C)C. The van der Waals surface area contributed by atoms with Crippen LogP contribution in [0.5, 0.6) is 5.75 Å². The molecule has 0 amide bonds. The summed E-state index contributed by atoms with van der Waals surface area (Å²) in [5.74, 6) is 0.802. The molecule has 0 fully saturated rings. The van der Waals surface area contributed by atoms with Gasteiger partial charge < -0.3 is 15.0 Å². The molecule has 1 atom stereocenters. The van der Waals surface area contributed by atoms with E-state index in [-0.39, 0.29) is 6.04 Å². The molecule has 0 saturated heterocycles. The van der Waals surface area contributed by atoms with Crippen LogP contribution in [0.1, 0.15) is 16.6 Å². The third-order valence-corrected chi connectivity index (χ3v) is 3.96. The van der Waals surface area contributed by atoms with Crippen molar-refractivity contribution in [3.8, 4) is 5.75 Å². The predicted octanol–water partition coefficient (Wildman–Crippen LogP) is 1.22. The quantitative estimate of drug-likeness (QED) is 0.832. The predicted molar refractivity (Wildman–Crippen MR) is 80.3 cm³/mol. The lowest BCUT2D eigenvalue weighted by Crippen LogP contribution is -2.25. The van der Waals surface area contributed by atoms with Gasteiger partial charge in [0.25, 0.3) is 0 Å². The molecule has 110 valence electrons. The minimum absolute atomic E-state index is 0.0436. The van der Waals surface area contributed by atoms with Gasteiger partial charge in [-0.1, -0.05) is 0 Å². The van der Waals surface area contributed by atoms with E-state index in [4.69, 9.17) is 4.74 Å². The third kappa shape index (κ3) is 3.17. The van der Waals surface area contributed by atoms with E-state index in [9.17, 15) is 0 Å². The molecular formula is C13H21N5OS. The molecule has 0 aliphatic carbocycles. The Morgan fingerprint density at radius 2 is 2.25 bits per heavy atom. The number of nitrogens with zero attached hydrogens (tertiary/aromatic N) is 4. The minimum Gasteiger partial charge on any atom is -0.493 e. The normalized spacial score (nSPS) is 12.8. The summed E-state index contributed by atoms with van der Waals surface area (Å²) in [7, 11) is 7.72. The monoisotopic (exact) mass is 295 g/mol. The van der Waals surface area contributed by atoms with Crippen LogP contribution in [0.2, 0.25) is 0 Å². The highest BCUT2D eigenvalue weighted by Crippen LogP contribution is 2.31. The van der Waals surface area contributed by atoms with Crippen molar-refractivity contribution in [2.45, 2.75) is 12.6 Å². The Morgan fingerprint density at radius 3 is 2.80 bits per heavy atom. The maximum absolute atomic E-state index is 5.46. The van der Waals surface area contributed by atoms with Crippen molar-refractivity contribution in [3.05, 3.63) is 28.5 Å². The van der Waals surface area contributed by atoms with Crippen LogP contribution in [0.25, 0.3) is 0 Å². The number of thiazole rings is 1. The van der Waals surface area contributed by atoms with Gasteiger partial charge in [-0.25, -0.2) is 0 Å². The highest BCUT2D eigenvalue weighted by Gasteiger charge is 2.23. The first-order chi connectivity index (χ1) is 9.67. The van der Waals surface area contributed by atoms with Crippen LogP contribution in [0.4, 0.5) is 0 Å². The van der Waals surface area contributed by atoms with Crippen LogP contribution < -0.4 is 10.1 Å². The molecule has 20 heavy (non-hydrogen) atoms. The molecule has 0 saturated carbocycles. The molecular weight excluding hydrogens is 274 g/mol. The fourth-order valence-corrected chi connectivity index (χ4v) is 2.81. The van der Waals surface area contributed by atoms with E-state index in [0.717, 1.165) is 29.4 Å². The zero-order valence-electron chi connectivity index (χ0n) is 12.3. The zero-order valence-corrected chi connectivity index (χ0v) is 13.1. The first-order valence-corrected chi connectivity index (χ1v) is 7.35. The number of aromatic nitrogens is 3. The van der Waals surface area contributed by atoms with E-state index < -0.39 is 0 Å². The van der Waals surface area contributed by atoms with Gasteiger partial charge in [0.05, 0.1) is 31.4 Å². The summed E-state index contributed by atoms with van der Waals surface area (Å²) in [5.41, 5.74) is 2.88. The number of hydrogen-bond donors (Lipinski definition) is 1. The van der Waals surface area contributed by atoms with E-state index in [1.807, 2.05) is 23.4 Å². The zero-order chi connectivity index (χ0) is 14.5. The first-order valence-electron chi connectivity index (χ1n) is 6.47. The topological polar surface area (TPSA) is 55.2 Å². The molecule has 2 rings (SSSR count). The third-order valence-electron chi connectivity index (χ3n) is 3.12. The van der Waals surface area contributed by atoms with Crippen molar-refractivity contribution in [2.24, 2.45) is 0 Å². The second-order valence-corrected chi connectivity index (χ2v) is 5.67. The fraction of sp³-hybridized carbons (Fsp3) is 0.538. The van der Waals surface area contributed by atoms with E-state index in [1.165, 1.54) is 0 Å². The molecule has 2 heterocycles. The second-order valence-electron chi connectivity index (χ2n) is 4.75. The summed E-state index contributed by atoms with van der Waals surface area (Å²) in [5, 5.41) is 7.77. The van der Waals surface area contributed by atoms with Gasteiger partial charge in [-0.3, -0.25) is 9.67 Å². The van der Waals surface area contributed by atoms with Crippen LogP contribution in [0.3, 0.4) is 0 Å². The van der Waals surface area contributed by atoms with Crippen LogP contribution in [-0.2, 0) is 6.54 Å². The molecule has 0 spiro atoms. The maximum atomic E-state index is 5.46. The van der Waals surface area contributed by atoms with Gasteiger partial charge in [-0.05, 0) is 21.1 Å². The maximum Gasteiger partial charge on any atom is 0.161 e. The van der Waals surface area contributed by atoms with Crippen molar-refractivity contribution in [3.63, 3.8) is 0 Å². The number of methoxy groups -OCH3 is 1. The molecule has 0 aromatic carbocycles. The number of nitrogens with one attached hydrogen (secondary N) is 1. The Kier molecular flexibility index (Phi) is 5.11. The Hall–Kier alpha value is -1.44. The average Bonchev–Trinajstić information content (AvgIpc) is 3.07. The van der Waals surface area contributed by atoms with E-state index in [0.29, 0.717) is 0 Å². The minimum atomic E-state index is 0.0436. The largest absolute Gasteiger partial charge is 0.493 e. The molecule has 6 nitrogen and oxygen atoms in total. The highest BCUT2D eigenvalue weighted by molar-refractivity contribution is 7.09. The number of likely N-dealkylation sites (N-methyl/N-ethyl adjacent to an activating group) is 1. The van der Waals surface area contributed by atoms with Crippen LogP contribution >= 0.6 is 11.3 Å². The number of hydrogen-bond acceptors (Lipinski definition) is 6. The summed E-state index contributed by atoms with van der Waals surface area (Å²) in [6.45, 7) is 1.75. The van der Waals surface area contributed by atoms with E-state index in [1.54, 1.807) is 24.6 Å². The van der Waals surface area contributed by atoms with Crippen LogP contribution in [0, 0.1) is 0 Å². The molecule has 2 aromatic rings. The number of rotatable bonds is 7. The second kappa shape index (κ2) is 6.83. The highest BCUT2D eigenvalue weighted by atomic mass is 32.1. The van der Waals surface area contributed by atoms with Gasteiger partial charge in [0, 0.05) is 17.6 Å². The smallest absolute Gasteiger partial charge is 0.161 e. The van der Waals surface area contributed by atoms with E-state index in [2.05, 4.69) is 34.4 Å². The molecule has 1 unspecified atom stereocenters. The molecule has 0 aliphatic heterocycles. The van der Waals surface area contributed by atoms with Crippen molar-refractivity contribution < 1.29 is 4.74 Å². The summed E-state index contributed by atoms with van der Waals surface area (Å²) >= 11 is 1.63. The lowest BCUT2D eigenvalue weighted by molar-refractivity contribution is 0.361. The summed E-state index contributed by atoms with van der Waals surface area (Å²) in [6, 6.07) is 0.0436. The molecule has 2 aromatic heterocycles. The van der Waals surface area contributed by atoms with Gasteiger partial charge in [0.15, 0.2) is 5.75 Å². The van der Waals surface area contributed by atoms with Gasteiger partial charge in [-0.15, -0.1) is 11.3 Å². The standard InChI is InChI=1S/C13H21N5OS/c1-14-12(11-8-15-9-20-11)13-10(19-4)7-16-18(13)6-5-17(2)3/h7-9,12,14H,5-6H2,1-4H3. The van der Waals surface area contributed by atoms with E-state index >= 15 is 0 Å². The van der Waals surface area contributed by atoms with Gasteiger partial charge in [0.1, 0.15) is 5.69 Å². The summed E-state index contributed by atoms with van der Waals surface area (Å²) in [6.07, 6.45) is 3.66. The Labute approximate surface area is 123 Å². The Morgan fingerprint density at radius 1 is 1.45 bits per heavy atom. The summed E-state index contributed by atoms with van der Waals surface area (Å²) < 4.78 is 7.46. The molecule has 0 radical (unpaired) electrons. The fourth-order valence-electron chi connectivity index (χ4n) is 2.08. The Bertz CT molecular complexity index is 523. The molecule has 0 bridgehead atoms. The average molecular weight is 295 g/mol. The summed E-state index contributed by atoms with van der Waals surface area (Å²) in [4.78, 5) is 7.45. The van der Waals surface area contributed by atoms with Crippen molar-refractivity contribution in [1.82, 2.24) is 25.0 Å². The molecule has 1 N–H and O–H groups in total. The Balaban J connectivity index is 2.34. The molecule has 7 heteroatoms. The molecule has 0 aliphatic rings. The van der Waals surface area contributed by atoms with Crippen molar-refractivity contribution in [1.29, 1.82) is 0 Å². The van der Waals surface area contributed by atoms with Crippen LogP contribution in [0.15, 0.2) is 17.9 Å². The van der Waals surface area contributed by atoms with Gasteiger partial charge >= 0.3 is 0 Å².